The minimum atomic E-state index is -0.714. The van der Waals surface area contributed by atoms with E-state index in [-0.39, 0.29) is 36.6 Å². The molecule has 4 rings (SSSR count). The topological polar surface area (TPSA) is 69.7 Å². The van der Waals surface area contributed by atoms with Crippen molar-refractivity contribution in [2.75, 3.05) is 18.5 Å². The van der Waals surface area contributed by atoms with Crippen LogP contribution in [0.2, 0.25) is 0 Å². The van der Waals surface area contributed by atoms with Gasteiger partial charge in [0.15, 0.2) is 0 Å². The van der Waals surface area contributed by atoms with Gasteiger partial charge in [-0.15, -0.1) is 0 Å². The van der Waals surface area contributed by atoms with Gasteiger partial charge >= 0.3 is 0 Å². The average Bonchev–Trinajstić information content (AvgIpc) is 3.08. The Morgan fingerprint density at radius 2 is 1.75 bits per heavy atom. The highest BCUT2D eigenvalue weighted by atomic mass is 19.1. The van der Waals surface area contributed by atoms with E-state index in [2.05, 4.69) is 5.32 Å². The second-order valence-electron chi connectivity index (χ2n) is 7.76. The van der Waals surface area contributed by atoms with E-state index in [0.717, 1.165) is 10.8 Å². The number of nitrogens with one attached hydrogen (secondary N) is 1. The van der Waals surface area contributed by atoms with Crippen molar-refractivity contribution in [3.05, 3.63) is 77.6 Å². The van der Waals surface area contributed by atoms with Crippen LogP contribution in [0.25, 0.3) is 10.8 Å². The lowest BCUT2D eigenvalue weighted by molar-refractivity contribution is -0.140. The summed E-state index contributed by atoms with van der Waals surface area (Å²) in [5.74, 6) is -1.26. The van der Waals surface area contributed by atoms with Gasteiger partial charge in [-0.2, -0.15) is 0 Å². The first kappa shape index (κ1) is 21.5. The highest BCUT2D eigenvalue weighted by Crippen LogP contribution is 2.37. The summed E-state index contributed by atoms with van der Waals surface area (Å²) in [6, 6.07) is 16.2. The highest BCUT2D eigenvalue weighted by Gasteiger charge is 2.34. The molecule has 0 spiro atoms. The smallest absolute Gasteiger partial charge is 0.259 e. The Morgan fingerprint density at radius 1 is 1.06 bits per heavy atom. The fourth-order valence-corrected chi connectivity index (χ4v) is 4.23. The van der Waals surface area contributed by atoms with Crippen LogP contribution in [0.15, 0.2) is 60.7 Å². The van der Waals surface area contributed by atoms with E-state index in [1.165, 1.54) is 29.0 Å². The molecule has 0 unspecified atom stereocenters. The van der Waals surface area contributed by atoms with Gasteiger partial charge in [-0.1, -0.05) is 43.3 Å². The number of hydrogen-bond donors (Lipinski definition) is 1. The Bertz CT molecular complexity index is 1190. The fraction of sp³-hybridized carbons (Fsp3) is 0.240. The molecule has 1 heterocycles. The Kier molecular flexibility index (Phi) is 5.90. The summed E-state index contributed by atoms with van der Waals surface area (Å²) in [5, 5.41) is 4.37. The van der Waals surface area contributed by atoms with Crippen LogP contribution in [-0.2, 0) is 16.1 Å². The normalized spacial score (nSPS) is 13.3. The molecule has 0 saturated carbocycles. The fourth-order valence-electron chi connectivity index (χ4n) is 4.23. The molecule has 3 aromatic carbocycles. The minimum absolute atomic E-state index is 0.129. The molecule has 7 heteroatoms. The molecule has 32 heavy (non-hydrogen) atoms. The Labute approximate surface area is 185 Å². The van der Waals surface area contributed by atoms with Crippen molar-refractivity contribution in [1.29, 1.82) is 0 Å². The van der Waals surface area contributed by atoms with Crippen LogP contribution in [0.3, 0.4) is 0 Å². The molecular weight excluding hydrogens is 409 g/mol. The maximum Gasteiger partial charge on any atom is 0.259 e. The molecule has 0 aromatic heterocycles. The molecule has 1 aliphatic heterocycles. The van der Waals surface area contributed by atoms with E-state index in [4.69, 9.17) is 0 Å². The van der Waals surface area contributed by atoms with E-state index >= 15 is 0 Å². The van der Waals surface area contributed by atoms with Crippen LogP contribution < -0.4 is 10.2 Å². The average molecular weight is 433 g/mol. The lowest BCUT2D eigenvalue weighted by Gasteiger charge is -2.31. The molecule has 1 N–H and O–H groups in total. The molecule has 1 aliphatic rings. The molecule has 3 aromatic rings. The van der Waals surface area contributed by atoms with Crippen LogP contribution in [-0.4, -0.2) is 42.3 Å². The molecule has 0 bridgehead atoms. The number of amides is 3. The number of carbonyl (C=O) groups is 3. The van der Waals surface area contributed by atoms with Gasteiger partial charge < -0.3 is 10.2 Å². The SMILES string of the molecule is CC[C@H](C(=O)NC)N(Cc1ccc(F)cc1)C(=O)CN1C(=O)c2cccc3cccc1c23. The maximum atomic E-state index is 13.5. The van der Waals surface area contributed by atoms with Gasteiger partial charge in [0.1, 0.15) is 18.4 Å². The Balaban J connectivity index is 1.65. The molecule has 3 amide bonds. The number of rotatable bonds is 7. The second kappa shape index (κ2) is 8.78. The first-order chi connectivity index (χ1) is 15.4. The molecule has 0 aliphatic carbocycles. The minimum Gasteiger partial charge on any atom is -0.357 e. The van der Waals surface area contributed by atoms with E-state index in [9.17, 15) is 18.8 Å². The van der Waals surface area contributed by atoms with Crippen LogP contribution in [0.5, 0.6) is 0 Å². The predicted molar refractivity (Wildman–Crippen MR) is 121 cm³/mol. The zero-order chi connectivity index (χ0) is 22.8. The summed E-state index contributed by atoms with van der Waals surface area (Å²) in [7, 11) is 1.52. The van der Waals surface area contributed by atoms with E-state index in [1.54, 1.807) is 18.2 Å². The lowest BCUT2D eigenvalue weighted by Crippen LogP contribution is -2.51. The molecule has 1 atom stereocenters. The van der Waals surface area contributed by atoms with Crippen molar-refractivity contribution in [2.45, 2.75) is 25.9 Å². The van der Waals surface area contributed by atoms with E-state index in [1.807, 2.05) is 37.3 Å². The van der Waals surface area contributed by atoms with Gasteiger partial charge in [0.2, 0.25) is 11.8 Å². The van der Waals surface area contributed by atoms with Crippen molar-refractivity contribution >= 4 is 34.2 Å². The monoisotopic (exact) mass is 433 g/mol. The molecule has 0 saturated heterocycles. The number of halogens is 1. The van der Waals surface area contributed by atoms with Crippen molar-refractivity contribution in [1.82, 2.24) is 10.2 Å². The van der Waals surface area contributed by atoms with Crippen molar-refractivity contribution in [3.63, 3.8) is 0 Å². The number of anilines is 1. The first-order valence-corrected chi connectivity index (χ1v) is 10.5. The quantitative estimate of drug-likeness (QED) is 0.620. The van der Waals surface area contributed by atoms with E-state index in [0.29, 0.717) is 23.2 Å². The summed E-state index contributed by atoms with van der Waals surface area (Å²) < 4.78 is 13.4. The summed E-state index contributed by atoms with van der Waals surface area (Å²) >= 11 is 0. The maximum absolute atomic E-state index is 13.5. The van der Waals surface area contributed by atoms with Crippen molar-refractivity contribution in [3.8, 4) is 0 Å². The van der Waals surface area contributed by atoms with Gasteiger partial charge in [0.05, 0.1) is 5.69 Å². The number of carbonyl (C=O) groups excluding carboxylic acids is 3. The number of hydrogen-bond acceptors (Lipinski definition) is 3. The predicted octanol–water partition coefficient (Wildman–Crippen LogP) is 3.49. The standard InChI is InChI=1S/C25H24FN3O3/c1-3-20(24(31)27-2)28(14-16-10-12-18(26)13-11-16)22(30)15-29-21-9-5-7-17-6-4-8-19(23(17)21)25(29)32/h4-13,20H,3,14-15H2,1-2H3,(H,27,31)/t20-/m1/s1. The zero-order valence-electron chi connectivity index (χ0n) is 18.0. The molecule has 6 nitrogen and oxygen atoms in total. The van der Waals surface area contributed by atoms with Crippen LogP contribution in [0.1, 0.15) is 29.3 Å². The molecule has 164 valence electrons. The number of benzene rings is 3. The lowest BCUT2D eigenvalue weighted by atomic mass is 10.1. The van der Waals surface area contributed by atoms with Gasteiger partial charge in [-0.3, -0.25) is 19.3 Å². The molecule has 0 radical (unpaired) electrons. The van der Waals surface area contributed by atoms with Gasteiger partial charge in [-0.25, -0.2) is 4.39 Å². The second-order valence-corrected chi connectivity index (χ2v) is 7.76. The molecular formula is C25H24FN3O3. The molecule has 0 fully saturated rings. The summed E-state index contributed by atoms with van der Waals surface area (Å²) in [4.78, 5) is 42.0. The third-order valence-electron chi connectivity index (χ3n) is 5.84. The first-order valence-electron chi connectivity index (χ1n) is 10.5. The van der Waals surface area contributed by atoms with Crippen LogP contribution >= 0.6 is 0 Å². The summed E-state index contributed by atoms with van der Waals surface area (Å²) in [6.07, 6.45) is 0.399. The Hall–Kier alpha value is -3.74. The summed E-state index contributed by atoms with van der Waals surface area (Å²) in [6.45, 7) is 1.76. The van der Waals surface area contributed by atoms with Gasteiger partial charge in [0, 0.05) is 24.5 Å². The van der Waals surface area contributed by atoms with Gasteiger partial charge in [-0.05, 0) is 41.6 Å². The Morgan fingerprint density at radius 3 is 2.41 bits per heavy atom. The number of likely N-dealkylation sites (N-methyl/N-ethyl adjacent to an activating group) is 1. The zero-order valence-corrected chi connectivity index (χ0v) is 18.0. The van der Waals surface area contributed by atoms with Gasteiger partial charge in [0.25, 0.3) is 5.91 Å². The third-order valence-corrected chi connectivity index (χ3v) is 5.84. The van der Waals surface area contributed by atoms with Crippen LogP contribution in [0.4, 0.5) is 10.1 Å². The summed E-state index contributed by atoms with van der Waals surface area (Å²) in [5.41, 5.74) is 1.95. The largest absolute Gasteiger partial charge is 0.357 e. The van der Waals surface area contributed by atoms with Crippen LogP contribution in [0, 0.1) is 5.82 Å². The van der Waals surface area contributed by atoms with Crippen molar-refractivity contribution in [2.24, 2.45) is 0 Å². The van der Waals surface area contributed by atoms with E-state index < -0.39 is 6.04 Å². The highest BCUT2D eigenvalue weighted by molar-refractivity contribution is 6.26. The third kappa shape index (κ3) is 3.82. The number of nitrogens with zero attached hydrogens (tertiary/aromatic N) is 2. The van der Waals surface area contributed by atoms with Crippen molar-refractivity contribution < 1.29 is 18.8 Å².